The van der Waals surface area contributed by atoms with Crippen molar-refractivity contribution in [3.8, 4) is 5.75 Å². The van der Waals surface area contributed by atoms with E-state index in [0.717, 1.165) is 25.7 Å². The Morgan fingerprint density at radius 2 is 1.83 bits per heavy atom. The number of hydrogen-bond donors (Lipinski definition) is 3. The summed E-state index contributed by atoms with van der Waals surface area (Å²) in [6.07, 6.45) is 4.02. The molecule has 8 heteroatoms. The smallest absolute Gasteiger partial charge is 0.303 e. The minimum Gasteiger partial charge on any atom is -0.494 e. The number of aliphatic carboxylic acids is 1. The molecule has 166 valence electrons. The lowest BCUT2D eigenvalue weighted by Crippen LogP contribution is -2.56. The fourth-order valence-corrected chi connectivity index (χ4v) is 3.67. The Bertz CT molecular complexity index is 701. The molecular weight excluding hydrogens is 386 g/mol. The molecule has 1 aliphatic carbocycles. The predicted molar refractivity (Wildman–Crippen MR) is 114 cm³/mol. The molecule has 0 aliphatic heterocycles. The number of nitrogens with one attached hydrogen (secondary N) is 2. The molecule has 1 aliphatic rings. The third-order valence-corrected chi connectivity index (χ3v) is 5.15. The Morgan fingerprint density at radius 3 is 2.40 bits per heavy atom. The largest absolute Gasteiger partial charge is 0.494 e. The van der Waals surface area contributed by atoms with Gasteiger partial charge in [0.15, 0.2) is 6.17 Å². The summed E-state index contributed by atoms with van der Waals surface area (Å²) in [5.41, 5.74) is 0.705. The number of ether oxygens (including phenoxy) is 1. The standard InChI is InChI=1S/C22H33N3O5/c1-3-19(26)25(17-8-5-6-9-17)21(22(29)23-4-2)24-16-11-13-18(14-12-16)30-15-7-10-20(27)28/h11-14,17,21,24H,3-10,15H2,1-2H3,(H,23,29)(H,27,28). The van der Waals surface area contributed by atoms with Crippen molar-refractivity contribution in [2.75, 3.05) is 18.5 Å². The van der Waals surface area contributed by atoms with Gasteiger partial charge in [-0.15, -0.1) is 0 Å². The van der Waals surface area contributed by atoms with Gasteiger partial charge in [0.2, 0.25) is 5.91 Å². The Labute approximate surface area is 178 Å². The molecule has 1 aromatic rings. The second-order valence-corrected chi connectivity index (χ2v) is 7.40. The Balaban J connectivity index is 2.10. The summed E-state index contributed by atoms with van der Waals surface area (Å²) in [5, 5.41) is 14.7. The molecular formula is C22H33N3O5. The molecule has 1 fully saturated rings. The Kier molecular flexibility index (Phi) is 9.44. The molecule has 3 N–H and O–H groups in total. The molecule has 1 atom stereocenters. The molecule has 0 heterocycles. The van der Waals surface area contributed by atoms with E-state index in [1.54, 1.807) is 29.2 Å². The third kappa shape index (κ3) is 6.93. The van der Waals surface area contributed by atoms with Crippen LogP contribution in [0, 0.1) is 0 Å². The van der Waals surface area contributed by atoms with E-state index in [9.17, 15) is 14.4 Å². The van der Waals surface area contributed by atoms with Crippen molar-refractivity contribution in [2.45, 2.75) is 71.0 Å². The van der Waals surface area contributed by atoms with Crippen molar-refractivity contribution in [1.29, 1.82) is 0 Å². The molecule has 1 saturated carbocycles. The number of amides is 2. The zero-order valence-electron chi connectivity index (χ0n) is 17.9. The highest BCUT2D eigenvalue weighted by molar-refractivity contribution is 5.89. The number of benzene rings is 1. The molecule has 1 aromatic carbocycles. The molecule has 0 aromatic heterocycles. The summed E-state index contributed by atoms with van der Waals surface area (Å²) in [4.78, 5) is 37.8. The number of nitrogens with zero attached hydrogens (tertiary/aromatic N) is 1. The molecule has 0 radical (unpaired) electrons. The number of hydrogen-bond acceptors (Lipinski definition) is 5. The van der Waals surface area contributed by atoms with E-state index < -0.39 is 12.1 Å². The van der Waals surface area contributed by atoms with Crippen LogP contribution in [0.2, 0.25) is 0 Å². The van der Waals surface area contributed by atoms with Crippen molar-refractivity contribution in [3.05, 3.63) is 24.3 Å². The Hall–Kier alpha value is -2.77. The van der Waals surface area contributed by atoms with Crippen LogP contribution in [0.1, 0.15) is 58.8 Å². The van der Waals surface area contributed by atoms with Gasteiger partial charge in [0.25, 0.3) is 5.91 Å². The van der Waals surface area contributed by atoms with Crippen LogP contribution >= 0.6 is 0 Å². The van der Waals surface area contributed by atoms with Crippen LogP contribution in [0.3, 0.4) is 0 Å². The normalized spacial score (nSPS) is 14.7. The average molecular weight is 420 g/mol. The topological polar surface area (TPSA) is 108 Å². The van der Waals surface area contributed by atoms with Gasteiger partial charge in [0.05, 0.1) is 6.61 Å². The first kappa shape index (κ1) is 23.5. The van der Waals surface area contributed by atoms with E-state index in [-0.39, 0.29) is 24.3 Å². The van der Waals surface area contributed by atoms with Gasteiger partial charge >= 0.3 is 5.97 Å². The maximum absolute atomic E-state index is 12.8. The second kappa shape index (κ2) is 12.0. The molecule has 0 spiro atoms. The van der Waals surface area contributed by atoms with Gasteiger partial charge in [-0.3, -0.25) is 14.4 Å². The summed E-state index contributed by atoms with van der Waals surface area (Å²) in [7, 11) is 0. The SMILES string of the molecule is CCNC(=O)C(Nc1ccc(OCCCC(=O)O)cc1)N(C(=O)CC)C1CCCC1. The fourth-order valence-electron chi connectivity index (χ4n) is 3.67. The highest BCUT2D eigenvalue weighted by Crippen LogP contribution is 2.27. The van der Waals surface area contributed by atoms with Gasteiger partial charge in [-0.05, 0) is 50.5 Å². The zero-order valence-corrected chi connectivity index (χ0v) is 17.9. The van der Waals surface area contributed by atoms with Crippen molar-refractivity contribution >= 4 is 23.5 Å². The summed E-state index contributed by atoms with van der Waals surface area (Å²) in [6.45, 7) is 4.47. The van der Waals surface area contributed by atoms with E-state index in [4.69, 9.17) is 9.84 Å². The van der Waals surface area contributed by atoms with E-state index in [0.29, 0.717) is 37.4 Å². The maximum atomic E-state index is 12.8. The first-order valence-electron chi connectivity index (χ1n) is 10.8. The quantitative estimate of drug-likeness (QED) is 0.355. The minimum atomic E-state index is -0.844. The van der Waals surface area contributed by atoms with Gasteiger partial charge in [-0.2, -0.15) is 0 Å². The van der Waals surface area contributed by atoms with Gasteiger partial charge in [-0.25, -0.2) is 0 Å². The van der Waals surface area contributed by atoms with Crippen LogP contribution in [0.5, 0.6) is 5.75 Å². The lowest BCUT2D eigenvalue weighted by Gasteiger charge is -2.36. The predicted octanol–water partition coefficient (Wildman–Crippen LogP) is 2.99. The van der Waals surface area contributed by atoms with Crippen molar-refractivity contribution in [2.24, 2.45) is 0 Å². The lowest BCUT2D eigenvalue weighted by atomic mass is 10.1. The maximum Gasteiger partial charge on any atom is 0.303 e. The number of carbonyl (C=O) groups is 3. The summed E-state index contributed by atoms with van der Waals surface area (Å²) < 4.78 is 5.55. The summed E-state index contributed by atoms with van der Waals surface area (Å²) in [5.74, 6) is -0.481. The summed E-state index contributed by atoms with van der Waals surface area (Å²) in [6, 6.07) is 7.18. The highest BCUT2D eigenvalue weighted by Gasteiger charge is 2.35. The molecule has 2 amide bonds. The molecule has 0 saturated heterocycles. The van der Waals surface area contributed by atoms with Crippen molar-refractivity contribution in [3.63, 3.8) is 0 Å². The van der Waals surface area contributed by atoms with Gasteiger partial charge in [0, 0.05) is 31.1 Å². The number of likely N-dealkylation sites (N-methyl/N-ethyl adjacent to an activating group) is 1. The van der Waals surface area contributed by atoms with Crippen LogP contribution < -0.4 is 15.4 Å². The van der Waals surface area contributed by atoms with E-state index >= 15 is 0 Å². The van der Waals surface area contributed by atoms with Gasteiger partial charge in [0.1, 0.15) is 5.75 Å². The van der Waals surface area contributed by atoms with Crippen LogP contribution in [-0.4, -0.2) is 53.1 Å². The van der Waals surface area contributed by atoms with E-state index in [1.165, 1.54) is 0 Å². The monoisotopic (exact) mass is 419 g/mol. The zero-order chi connectivity index (χ0) is 21.9. The molecule has 1 unspecified atom stereocenters. The Morgan fingerprint density at radius 1 is 1.17 bits per heavy atom. The molecule has 2 rings (SSSR count). The highest BCUT2D eigenvalue weighted by atomic mass is 16.5. The number of carboxylic acid groups (broad SMARTS) is 1. The first-order chi connectivity index (χ1) is 14.5. The van der Waals surface area contributed by atoms with Crippen LogP contribution in [-0.2, 0) is 14.4 Å². The van der Waals surface area contributed by atoms with Crippen molar-refractivity contribution < 1.29 is 24.2 Å². The van der Waals surface area contributed by atoms with E-state index in [2.05, 4.69) is 10.6 Å². The number of rotatable bonds is 12. The molecule has 30 heavy (non-hydrogen) atoms. The number of carboxylic acids is 1. The van der Waals surface area contributed by atoms with Crippen molar-refractivity contribution in [1.82, 2.24) is 10.2 Å². The minimum absolute atomic E-state index is 0.0379. The fraction of sp³-hybridized carbons (Fsp3) is 0.591. The van der Waals surface area contributed by atoms with Gasteiger partial charge in [-0.1, -0.05) is 19.8 Å². The van der Waals surface area contributed by atoms with E-state index in [1.807, 2.05) is 13.8 Å². The third-order valence-electron chi connectivity index (χ3n) is 5.15. The van der Waals surface area contributed by atoms with Gasteiger partial charge < -0.3 is 25.4 Å². The number of anilines is 1. The lowest BCUT2D eigenvalue weighted by molar-refractivity contribution is -0.141. The molecule has 8 nitrogen and oxygen atoms in total. The first-order valence-corrected chi connectivity index (χ1v) is 10.8. The van der Waals surface area contributed by atoms with Crippen LogP contribution in [0.15, 0.2) is 24.3 Å². The summed E-state index contributed by atoms with van der Waals surface area (Å²) >= 11 is 0. The van der Waals surface area contributed by atoms with Crippen LogP contribution in [0.4, 0.5) is 5.69 Å². The number of carbonyl (C=O) groups excluding carboxylic acids is 2. The van der Waals surface area contributed by atoms with Crippen LogP contribution in [0.25, 0.3) is 0 Å². The molecule has 0 bridgehead atoms. The second-order valence-electron chi connectivity index (χ2n) is 7.40. The average Bonchev–Trinajstić information content (AvgIpc) is 3.26.